The fourth-order valence-corrected chi connectivity index (χ4v) is 6.08. The quantitative estimate of drug-likeness (QED) is 0.203. The lowest BCUT2D eigenvalue weighted by Gasteiger charge is -2.42. The fourth-order valence-electron chi connectivity index (χ4n) is 6.08. The highest BCUT2D eigenvalue weighted by atomic mass is 19.1. The highest BCUT2D eigenvalue weighted by molar-refractivity contribution is 5.77. The van der Waals surface area contributed by atoms with Crippen molar-refractivity contribution in [2.45, 2.75) is 91.4 Å². The minimum absolute atomic E-state index is 0.0812. The van der Waals surface area contributed by atoms with Crippen LogP contribution in [-0.4, -0.2) is 69.0 Å². The summed E-state index contributed by atoms with van der Waals surface area (Å²) in [5.41, 5.74) is 4.11. The average Bonchev–Trinajstić information content (AvgIpc) is 2.93. The Morgan fingerprint density at radius 3 is 2.79 bits per heavy atom. The number of benzene rings is 1. The predicted octanol–water partition coefficient (Wildman–Crippen LogP) is 7.20. The van der Waals surface area contributed by atoms with Gasteiger partial charge in [-0.2, -0.15) is 0 Å². The van der Waals surface area contributed by atoms with Crippen LogP contribution in [0.25, 0.3) is 0 Å². The summed E-state index contributed by atoms with van der Waals surface area (Å²) in [6.07, 6.45) is 16.7. The Morgan fingerprint density at radius 2 is 2.00 bits per heavy atom. The van der Waals surface area contributed by atoms with Gasteiger partial charge in [0.1, 0.15) is 5.82 Å². The van der Waals surface area contributed by atoms with Crippen LogP contribution < -0.4 is 10.6 Å². The van der Waals surface area contributed by atoms with Gasteiger partial charge in [-0.25, -0.2) is 4.39 Å². The molecule has 5 nitrogen and oxygen atoms in total. The second-order valence-electron chi connectivity index (χ2n) is 13.2. The summed E-state index contributed by atoms with van der Waals surface area (Å²) >= 11 is 0. The Morgan fingerprint density at radius 1 is 1.17 bits per heavy atom. The maximum Gasteiger partial charge on any atom is 0.127 e. The van der Waals surface area contributed by atoms with E-state index in [1.165, 1.54) is 50.5 Å². The van der Waals surface area contributed by atoms with E-state index in [1.807, 2.05) is 12.3 Å². The Bertz CT molecular complexity index is 983. The number of nitrogens with zero attached hydrogens (tertiary/aromatic N) is 3. The molecule has 0 aromatic heterocycles. The molecular weight excluding hydrogens is 521 g/mol. The lowest BCUT2D eigenvalue weighted by Crippen LogP contribution is -2.50. The van der Waals surface area contributed by atoms with Gasteiger partial charge in [0.15, 0.2) is 0 Å². The first-order valence-corrected chi connectivity index (χ1v) is 16.8. The van der Waals surface area contributed by atoms with Gasteiger partial charge >= 0.3 is 0 Å². The van der Waals surface area contributed by atoms with Crippen LogP contribution in [0.4, 0.5) is 4.39 Å². The van der Waals surface area contributed by atoms with E-state index < -0.39 is 0 Å². The lowest BCUT2D eigenvalue weighted by molar-refractivity contribution is 0.138. The van der Waals surface area contributed by atoms with Crippen molar-refractivity contribution in [2.75, 3.05) is 53.0 Å². The lowest BCUT2D eigenvalue weighted by atomic mass is 9.93. The van der Waals surface area contributed by atoms with Gasteiger partial charge in [-0.15, -0.1) is 0 Å². The van der Waals surface area contributed by atoms with E-state index in [0.29, 0.717) is 18.3 Å². The zero-order chi connectivity index (χ0) is 30.2. The van der Waals surface area contributed by atoms with Gasteiger partial charge in [0.25, 0.3) is 0 Å². The van der Waals surface area contributed by atoms with Gasteiger partial charge in [0.2, 0.25) is 0 Å². The molecule has 1 fully saturated rings. The second-order valence-corrected chi connectivity index (χ2v) is 13.2. The zero-order valence-electron chi connectivity index (χ0n) is 27.3. The Kier molecular flexibility index (Phi) is 15.7. The van der Waals surface area contributed by atoms with Crippen LogP contribution in [0, 0.1) is 23.6 Å². The summed E-state index contributed by atoms with van der Waals surface area (Å²) in [5, 5.41) is 7.19. The molecule has 2 aliphatic heterocycles. The number of hydrogen-bond donors (Lipinski definition) is 2. The minimum Gasteiger partial charge on any atom is -0.374 e. The van der Waals surface area contributed by atoms with Crippen molar-refractivity contribution in [3.05, 3.63) is 59.2 Å². The number of aryl methyl sites for hydroxylation is 1. The maximum absolute atomic E-state index is 15.0. The molecule has 6 heteroatoms. The van der Waals surface area contributed by atoms with Gasteiger partial charge in [-0.3, -0.25) is 10.3 Å². The van der Waals surface area contributed by atoms with Crippen LogP contribution in [0.1, 0.15) is 89.7 Å². The smallest absolute Gasteiger partial charge is 0.127 e. The Labute approximate surface area is 257 Å². The first-order chi connectivity index (χ1) is 20.3. The van der Waals surface area contributed by atoms with Crippen molar-refractivity contribution in [1.82, 2.24) is 20.4 Å². The number of aliphatic imine (C=N–C) groups is 1. The van der Waals surface area contributed by atoms with E-state index in [9.17, 15) is 4.39 Å². The third kappa shape index (κ3) is 13.0. The number of unbranched alkanes of at least 4 members (excludes halogenated alkanes) is 2. The molecule has 2 aliphatic rings. The highest BCUT2D eigenvalue weighted by Gasteiger charge is 2.27. The summed E-state index contributed by atoms with van der Waals surface area (Å²) in [6, 6.07) is 5.86. The average molecular weight is 582 g/mol. The Hall–Kier alpha value is -2.18. The van der Waals surface area contributed by atoms with E-state index in [-0.39, 0.29) is 5.82 Å². The molecule has 1 aromatic carbocycles. The molecule has 0 bridgehead atoms. The summed E-state index contributed by atoms with van der Waals surface area (Å²) in [5.74, 6) is 2.14. The third-order valence-corrected chi connectivity index (χ3v) is 9.15. The molecule has 1 aromatic rings. The summed E-state index contributed by atoms with van der Waals surface area (Å²) < 4.78 is 15.0. The zero-order valence-corrected chi connectivity index (χ0v) is 27.3. The topological polar surface area (TPSA) is 42.9 Å². The monoisotopic (exact) mass is 581 g/mol. The van der Waals surface area contributed by atoms with Crippen LogP contribution in [-0.2, 0) is 12.8 Å². The second kappa shape index (κ2) is 19.2. The first-order valence-electron chi connectivity index (χ1n) is 16.8. The molecule has 0 radical (unpaired) electrons. The van der Waals surface area contributed by atoms with Gasteiger partial charge in [0.05, 0.1) is 6.67 Å². The molecule has 42 heavy (non-hydrogen) atoms. The number of nitrogens with one attached hydrogen (secondary N) is 2. The maximum atomic E-state index is 15.0. The number of allylic oxidation sites excluding steroid dienone is 2. The van der Waals surface area contributed by atoms with Gasteiger partial charge in [-0.1, -0.05) is 64.7 Å². The van der Waals surface area contributed by atoms with Crippen LogP contribution in [0.2, 0.25) is 0 Å². The van der Waals surface area contributed by atoms with Crippen molar-refractivity contribution in [1.29, 1.82) is 0 Å². The van der Waals surface area contributed by atoms with E-state index >= 15 is 0 Å². The van der Waals surface area contributed by atoms with E-state index in [1.54, 1.807) is 6.07 Å². The van der Waals surface area contributed by atoms with Crippen molar-refractivity contribution in [3.63, 3.8) is 0 Å². The largest absolute Gasteiger partial charge is 0.374 e. The van der Waals surface area contributed by atoms with Crippen LogP contribution in [0.3, 0.4) is 0 Å². The molecule has 2 N–H and O–H groups in total. The van der Waals surface area contributed by atoms with Crippen molar-refractivity contribution >= 4 is 6.21 Å². The standard InChI is InChI=1S/C36H60FN5/c1-6-29(2)11-9-10-18-38-24-34-26-42(27-34)31(4)21-35-15-14-33(22-36(35)37)13-8-7-12-32-16-19-39-23-30(3)25-41(5)28-40-20-17-32/h14-15,22-23,25,29,32,34,38,40H,4,6-13,16-21,24,26-28H2,1-3,5H3/b30-25-,39-23?. The molecule has 2 heterocycles. The number of likely N-dealkylation sites (tertiary alicyclic amines) is 1. The molecule has 0 aliphatic carbocycles. The van der Waals surface area contributed by atoms with Gasteiger partial charge in [-0.05, 0) is 86.7 Å². The van der Waals surface area contributed by atoms with Crippen molar-refractivity contribution < 1.29 is 4.39 Å². The minimum atomic E-state index is -0.0812. The summed E-state index contributed by atoms with van der Waals surface area (Å²) in [6.45, 7) is 18.1. The number of hydrogen-bond acceptors (Lipinski definition) is 5. The van der Waals surface area contributed by atoms with Crippen molar-refractivity contribution in [3.8, 4) is 0 Å². The Balaban J connectivity index is 1.30. The third-order valence-electron chi connectivity index (χ3n) is 9.15. The molecule has 236 valence electrons. The van der Waals surface area contributed by atoms with Crippen LogP contribution >= 0.6 is 0 Å². The van der Waals surface area contributed by atoms with Gasteiger partial charge < -0.3 is 15.1 Å². The SMILES string of the molecule is C=C(Cc1ccc(CCCCC2CCN=C/C(C)=C\N(C)CNCC2)cc1F)N1CC(CNCCCCC(C)CC)C1. The van der Waals surface area contributed by atoms with E-state index in [2.05, 4.69) is 72.1 Å². The molecule has 2 atom stereocenters. The highest BCUT2D eigenvalue weighted by Crippen LogP contribution is 2.24. The molecule has 0 saturated carbocycles. The summed E-state index contributed by atoms with van der Waals surface area (Å²) in [4.78, 5) is 9.14. The number of rotatable bonds is 16. The van der Waals surface area contributed by atoms with Crippen LogP contribution in [0.15, 0.2) is 47.2 Å². The molecule has 0 amide bonds. The molecule has 1 saturated heterocycles. The normalized spacial score (nSPS) is 20.8. The fraction of sp³-hybridized carbons (Fsp3) is 0.694. The van der Waals surface area contributed by atoms with E-state index in [0.717, 1.165) is 87.9 Å². The number of halogens is 1. The molecule has 2 unspecified atom stereocenters. The molecular formula is C36H60FN5. The first kappa shape index (κ1) is 34.3. The van der Waals surface area contributed by atoms with Gasteiger partial charge in [0, 0.05) is 63.7 Å². The predicted molar refractivity (Wildman–Crippen MR) is 179 cm³/mol. The summed E-state index contributed by atoms with van der Waals surface area (Å²) in [7, 11) is 2.09. The van der Waals surface area contributed by atoms with Crippen LogP contribution in [0.5, 0.6) is 0 Å². The molecule has 3 rings (SSSR count). The molecule has 0 spiro atoms. The van der Waals surface area contributed by atoms with Crippen molar-refractivity contribution in [2.24, 2.45) is 22.7 Å². The van der Waals surface area contributed by atoms with E-state index in [4.69, 9.17) is 0 Å².